The van der Waals surface area contributed by atoms with Crippen LogP contribution in [0.1, 0.15) is 22.3 Å². The van der Waals surface area contributed by atoms with Gasteiger partial charge in [0.25, 0.3) is 0 Å². The average Bonchev–Trinajstić information content (AvgIpc) is 2.09. The second-order valence-corrected chi connectivity index (χ2v) is 1.18. The maximum absolute atomic E-state index is 10.7. The maximum Gasteiger partial charge on any atom is 0.320 e. The fraction of sp³-hybridized carbons (Fsp3) is 0.800. The van der Waals surface area contributed by atoms with Crippen LogP contribution in [0.2, 0.25) is 0 Å². The van der Waals surface area contributed by atoms with Crippen LogP contribution in [0, 0.1) is 0 Å². The Balaban J connectivity index is 3.38. The molecule has 0 saturated carbocycles. The molecule has 1 heterocycles. The number of carboxylic acid groups (broad SMARTS) is 1. The number of aliphatic carboxylic acids is 1. The minimum atomic E-state index is -3.19. The van der Waals surface area contributed by atoms with Gasteiger partial charge in [-0.1, -0.05) is 0 Å². The molecule has 0 bridgehead atoms. The highest BCUT2D eigenvalue weighted by Crippen LogP contribution is 2.03. The second kappa shape index (κ2) is 2.13. The Morgan fingerprint density at radius 1 is 2.12 bits per heavy atom. The van der Waals surface area contributed by atoms with E-state index in [9.17, 15) is 4.79 Å². The van der Waals surface area contributed by atoms with Crippen molar-refractivity contribution in [1.82, 2.24) is 5.32 Å². The largest absolute Gasteiger partial charge is 0.480 e. The summed E-state index contributed by atoms with van der Waals surface area (Å²) in [5.41, 5.74) is 0. The van der Waals surface area contributed by atoms with Crippen molar-refractivity contribution < 1.29 is 19.5 Å². The molecule has 0 unspecified atom stereocenters. The van der Waals surface area contributed by atoms with Crippen molar-refractivity contribution in [2.24, 2.45) is 0 Å². The van der Waals surface area contributed by atoms with E-state index in [1.54, 1.807) is 0 Å². The molecule has 0 aromatic rings. The van der Waals surface area contributed by atoms with Crippen LogP contribution in [-0.4, -0.2) is 23.6 Å². The lowest BCUT2D eigenvalue weighted by Gasteiger charge is -1.99. The second-order valence-electron chi connectivity index (χ2n) is 1.18. The fourth-order valence-electron chi connectivity index (χ4n) is 0.326. The van der Waals surface area contributed by atoms with Crippen molar-refractivity contribution in [3.8, 4) is 0 Å². The van der Waals surface area contributed by atoms with E-state index in [2.05, 4.69) is 0 Å². The molecule has 3 heteroatoms. The molecule has 0 aromatic heterocycles. The van der Waals surface area contributed by atoms with Crippen LogP contribution >= 0.6 is 0 Å². The molecule has 0 spiro atoms. The molecule has 0 aliphatic carbocycles. The number of hydrogen-bond acceptors (Lipinski definition) is 2. The van der Waals surface area contributed by atoms with Gasteiger partial charge in [0.05, 0.1) is 1.37 Å². The highest BCUT2D eigenvalue weighted by atomic mass is 16.5. The molecule has 1 saturated heterocycles. The van der Waals surface area contributed by atoms with E-state index >= 15 is 0 Å². The van der Waals surface area contributed by atoms with E-state index in [0.717, 1.165) is 0 Å². The van der Waals surface area contributed by atoms with E-state index in [1.807, 2.05) is 0 Å². The zero-order valence-electron chi connectivity index (χ0n) is 10.9. The zero-order valence-corrected chi connectivity index (χ0v) is 3.86. The lowest BCUT2D eigenvalue weighted by atomic mass is 11.2. The van der Waals surface area contributed by atoms with Crippen LogP contribution in [0.5, 0.6) is 0 Å². The first-order chi connectivity index (χ1) is 6.40. The van der Waals surface area contributed by atoms with Gasteiger partial charge in [0, 0.05) is 8.22 Å². The van der Waals surface area contributed by atoms with Crippen LogP contribution in [0.3, 0.4) is 0 Å². The maximum atomic E-state index is 10.7. The summed E-state index contributed by atoms with van der Waals surface area (Å²) in [6, 6.07) is -3.04. The number of rotatable bonds is 1. The lowest BCUT2D eigenvalue weighted by molar-refractivity contribution is -0.139. The molecule has 0 amide bonds. The summed E-state index contributed by atoms with van der Waals surface area (Å²) >= 11 is 0. The Morgan fingerprint density at radius 2 is 2.88 bits per heavy atom. The summed E-state index contributed by atoms with van der Waals surface area (Å²) in [6.45, 7) is -2.92. The van der Waals surface area contributed by atoms with Gasteiger partial charge in [-0.2, -0.15) is 0 Å². The van der Waals surface area contributed by atoms with Gasteiger partial charge in [0.15, 0.2) is 0 Å². The standard InChI is InChI=1S/C5H9NO2/c7-5(8)4-2-1-3-6-4/h4,6H,1-3H2,(H,7,8)/t4-/m0/s1/i1+1D2,2+1D2,3+1D2,4+1D,5+1,6+1. The summed E-state index contributed by atoms with van der Waals surface area (Å²) in [5.74, 6) is -1.96. The number of hydrogen-bond donors (Lipinski definition) is 2. The monoisotopic (exact) mass is 128 g/mol. The Hall–Kier alpha value is -0.570. The van der Waals surface area contributed by atoms with Crippen LogP contribution in [-0.2, 0) is 4.79 Å². The first-order valence-electron chi connectivity index (χ1n) is 5.43. The molecule has 0 radical (unpaired) electrons. The first-order valence-corrected chi connectivity index (χ1v) is 1.93. The van der Waals surface area contributed by atoms with E-state index in [4.69, 9.17) is 14.7 Å². The van der Waals surface area contributed by atoms with E-state index in [1.165, 1.54) is 5.32 Å². The van der Waals surface area contributed by atoms with Crippen molar-refractivity contribution in [3.63, 3.8) is 0 Å². The molecular weight excluding hydrogens is 112 g/mol. The van der Waals surface area contributed by atoms with Crippen molar-refractivity contribution in [2.45, 2.75) is 18.8 Å². The van der Waals surface area contributed by atoms with Gasteiger partial charge in [0.1, 0.15) is 6.02 Å². The highest BCUT2D eigenvalue weighted by molar-refractivity contribution is 5.73. The minimum absolute atomic E-state index is 1.54. The van der Waals surface area contributed by atoms with E-state index in [-0.39, 0.29) is 0 Å². The lowest BCUT2D eigenvalue weighted by Crippen LogP contribution is -2.29. The van der Waals surface area contributed by atoms with Crippen LogP contribution in [0.15, 0.2) is 0 Å². The van der Waals surface area contributed by atoms with Gasteiger partial charge in [-0.15, -0.1) is 0 Å². The van der Waals surface area contributed by atoms with Gasteiger partial charge in [-0.05, 0) is 19.2 Å². The smallest absolute Gasteiger partial charge is 0.320 e. The molecule has 2 N–H and O–H groups in total. The normalized spacial score (nSPS) is 69.2. The SMILES string of the molecule is [2H][13C]1([2H])[15NH][13C@]([2H])([13C](=O)O)[13C]([2H])([2H])[13C]1([2H])[2H]. The molecular formula is C5H9NO2. The van der Waals surface area contributed by atoms with Crippen LogP contribution < -0.4 is 5.32 Å². The Labute approximate surface area is 57.5 Å². The molecule has 1 aliphatic rings. The topological polar surface area (TPSA) is 49.3 Å². The average molecular weight is 128 g/mol. The summed E-state index contributed by atoms with van der Waals surface area (Å²) in [4.78, 5) is 10.7. The molecule has 46 valence electrons. The quantitative estimate of drug-likeness (QED) is 0.380. The summed E-state index contributed by atoms with van der Waals surface area (Å²) in [6.07, 6.45) is -6.30. The Kier molecular flexibility index (Phi) is 0.393. The third kappa shape index (κ3) is 0.980. The number of carbonyl (C=O) groups is 1. The molecule has 0 aromatic carbocycles. The van der Waals surface area contributed by atoms with Gasteiger partial charge in [0.2, 0.25) is 0 Å². The highest BCUT2D eigenvalue weighted by Gasteiger charge is 2.20. The van der Waals surface area contributed by atoms with Crippen molar-refractivity contribution >= 4 is 5.97 Å². The fourth-order valence-corrected chi connectivity index (χ4v) is 0.326. The van der Waals surface area contributed by atoms with Gasteiger partial charge in [-0.25, -0.2) is 0 Å². The molecule has 8 heavy (non-hydrogen) atoms. The molecule has 3 nitrogen and oxygen atoms in total. The molecule has 1 fully saturated rings. The number of nitrogens with one attached hydrogen (secondary N) is 1. The molecule has 1 aliphatic heterocycles. The van der Waals surface area contributed by atoms with E-state index < -0.39 is 31.2 Å². The van der Waals surface area contributed by atoms with Crippen molar-refractivity contribution in [2.75, 3.05) is 6.50 Å². The van der Waals surface area contributed by atoms with Crippen molar-refractivity contribution in [1.29, 1.82) is 0 Å². The van der Waals surface area contributed by atoms with Gasteiger partial charge >= 0.3 is 5.97 Å². The minimum Gasteiger partial charge on any atom is -0.480 e. The number of carboxylic acids is 1. The van der Waals surface area contributed by atoms with Crippen molar-refractivity contribution in [3.05, 3.63) is 0 Å². The third-order valence-electron chi connectivity index (χ3n) is 0.651. The zero-order chi connectivity index (χ0) is 12.3. The van der Waals surface area contributed by atoms with Crippen LogP contribution in [0.25, 0.3) is 0 Å². The Morgan fingerprint density at radius 3 is 3.12 bits per heavy atom. The van der Waals surface area contributed by atoms with Crippen LogP contribution in [0.4, 0.5) is 0 Å². The third-order valence-corrected chi connectivity index (χ3v) is 0.651. The summed E-state index contributed by atoms with van der Waals surface area (Å²) in [7, 11) is 0. The van der Waals surface area contributed by atoms with E-state index in [0.29, 0.717) is 0 Å². The molecule has 1 rings (SSSR count). The molecule has 1 atom stereocenters. The first kappa shape index (κ1) is 1.48. The summed E-state index contributed by atoms with van der Waals surface area (Å²) < 4.78 is 50.5. The van der Waals surface area contributed by atoms with Gasteiger partial charge < -0.3 is 10.4 Å². The Bertz CT molecular complexity index is 317. The predicted molar refractivity (Wildman–Crippen MR) is 28.7 cm³/mol. The van der Waals surface area contributed by atoms with Gasteiger partial charge in [-0.3, -0.25) is 4.79 Å². The summed E-state index contributed by atoms with van der Waals surface area (Å²) in [5, 5.41) is 10.2. The predicted octanol–water partition coefficient (Wildman–Crippen LogP) is -0.177.